The number of hydrogen-bond acceptors (Lipinski definition) is 2. The van der Waals surface area contributed by atoms with Gasteiger partial charge in [0.1, 0.15) is 6.33 Å². The molecule has 1 aromatic heterocycles. The highest BCUT2D eigenvalue weighted by Gasteiger charge is 2.34. The molecule has 0 spiro atoms. The van der Waals surface area contributed by atoms with E-state index in [2.05, 4.69) is 21.7 Å². The molecule has 4 bridgehead atoms. The molecule has 0 aromatic carbocycles. The quantitative estimate of drug-likeness (QED) is 0.746. The molecule has 0 N–H and O–H groups in total. The minimum absolute atomic E-state index is 0.845. The van der Waals surface area contributed by atoms with Crippen molar-refractivity contribution in [2.45, 2.75) is 58.4 Å². The summed E-state index contributed by atoms with van der Waals surface area (Å²) in [6, 6.07) is 0. The van der Waals surface area contributed by atoms with Crippen LogP contribution in [0, 0.1) is 17.8 Å². The van der Waals surface area contributed by atoms with Gasteiger partial charge >= 0.3 is 0 Å². The SMILES string of the molecule is CCC1C2CCCCc3ncn(n3)CC1CC2. The average Bonchev–Trinajstić information content (AvgIpc) is 2.90. The van der Waals surface area contributed by atoms with Crippen LogP contribution in [0.25, 0.3) is 0 Å². The van der Waals surface area contributed by atoms with Crippen molar-refractivity contribution in [3.05, 3.63) is 12.2 Å². The van der Waals surface area contributed by atoms with E-state index in [0.717, 1.165) is 36.5 Å². The normalized spacial score (nSPS) is 33.4. The smallest absolute Gasteiger partial charge is 0.150 e. The lowest BCUT2D eigenvalue weighted by Gasteiger charge is -2.23. The highest BCUT2D eigenvalue weighted by molar-refractivity contribution is 4.88. The molecular weight excluding hydrogens is 210 g/mol. The van der Waals surface area contributed by atoms with Gasteiger partial charge in [-0.05, 0) is 37.0 Å². The van der Waals surface area contributed by atoms with Crippen LogP contribution in [0.1, 0.15) is 51.3 Å². The van der Waals surface area contributed by atoms with E-state index in [1.807, 2.05) is 6.33 Å². The molecule has 1 fully saturated rings. The fraction of sp³-hybridized carbons (Fsp3) is 0.857. The second-order valence-corrected chi connectivity index (χ2v) is 5.80. The maximum absolute atomic E-state index is 4.60. The Morgan fingerprint density at radius 2 is 2.12 bits per heavy atom. The minimum Gasteiger partial charge on any atom is -0.252 e. The maximum atomic E-state index is 4.60. The minimum atomic E-state index is 0.845. The van der Waals surface area contributed by atoms with Crippen molar-refractivity contribution in [1.29, 1.82) is 0 Å². The van der Waals surface area contributed by atoms with E-state index in [0.29, 0.717) is 0 Å². The Labute approximate surface area is 104 Å². The monoisotopic (exact) mass is 233 g/mol. The van der Waals surface area contributed by atoms with Gasteiger partial charge in [-0.2, -0.15) is 5.10 Å². The number of nitrogens with zero attached hydrogens (tertiary/aromatic N) is 3. The predicted molar refractivity (Wildman–Crippen MR) is 67.6 cm³/mol. The van der Waals surface area contributed by atoms with Gasteiger partial charge in [-0.1, -0.05) is 26.2 Å². The summed E-state index contributed by atoms with van der Waals surface area (Å²) >= 11 is 0. The Balaban J connectivity index is 1.82. The Morgan fingerprint density at radius 3 is 3.00 bits per heavy atom. The van der Waals surface area contributed by atoms with E-state index in [1.54, 1.807) is 0 Å². The van der Waals surface area contributed by atoms with Crippen LogP contribution in [0.3, 0.4) is 0 Å². The first kappa shape index (κ1) is 11.2. The summed E-state index contributed by atoms with van der Waals surface area (Å²) in [5, 5.41) is 4.60. The molecule has 3 nitrogen and oxygen atoms in total. The van der Waals surface area contributed by atoms with Gasteiger partial charge in [0, 0.05) is 13.0 Å². The van der Waals surface area contributed by atoms with Crippen molar-refractivity contribution in [3.63, 3.8) is 0 Å². The van der Waals surface area contributed by atoms with Crippen LogP contribution in [-0.4, -0.2) is 14.8 Å². The van der Waals surface area contributed by atoms with Crippen molar-refractivity contribution in [3.8, 4) is 0 Å². The molecule has 17 heavy (non-hydrogen) atoms. The van der Waals surface area contributed by atoms with Gasteiger partial charge in [0.05, 0.1) is 0 Å². The van der Waals surface area contributed by atoms with Gasteiger partial charge in [0.25, 0.3) is 0 Å². The van der Waals surface area contributed by atoms with Crippen molar-refractivity contribution in [1.82, 2.24) is 14.8 Å². The van der Waals surface area contributed by atoms with Crippen LogP contribution in [0.2, 0.25) is 0 Å². The largest absolute Gasteiger partial charge is 0.252 e. The van der Waals surface area contributed by atoms with E-state index in [9.17, 15) is 0 Å². The predicted octanol–water partition coefficient (Wildman–Crippen LogP) is 3.06. The molecule has 2 heterocycles. The average molecular weight is 233 g/mol. The van der Waals surface area contributed by atoms with Crippen LogP contribution in [0.5, 0.6) is 0 Å². The molecule has 1 aliphatic heterocycles. The van der Waals surface area contributed by atoms with Crippen LogP contribution in [0.15, 0.2) is 6.33 Å². The Kier molecular flexibility index (Phi) is 3.17. The highest BCUT2D eigenvalue weighted by Crippen LogP contribution is 2.42. The summed E-state index contributed by atoms with van der Waals surface area (Å²) in [5.41, 5.74) is 0. The molecular formula is C14H23N3. The Morgan fingerprint density at radius 1 is 1.24 bits per heavy atom. The molecule has 0 radical (unpaired) electrons. The number of hydrogen-bond donors (Lipinski definition) is 0. The number of rotatable bonds is 1. The van der Waals surface area contributed by atoms with Crippen molar-refractivity contribution < 1.29 is 0 Å². The number of aryl methyl sites for hydroxylation is 1. The van der Waals surface area contributed by atoms with Gasteiger partial charge in [-0.3, -0.25) is 4.68 Å². The Bertz CT molecular complexity index is 371. The molecule has 1 saturated carbocycles. The number of fused-ring (bicyclic) bond motifs is 4. The van der Waals surface area contributed by atoms with Crippen molar-refractivity contribution >= 4 is 0 Å². The van der Waals surface area contributed by atoms with Crippen LogP contribution >= 0.6 is 0 Å². The summed E-state index contributed by atoms with van der Waals surface area (Å²) < 4.78 is 2.09. The lowest BCUT2D eigenvalue weighted by molar-refractivity contribution is 0.257. The van der Waals surface area contributed by atoms with Gasteiger partial charge < -0.3 is 0 Å². The zero-order valence-electron chi connectivity index (χ0n) is 10.8. The van der Waals surface area contributed by atoms with Gasteiger partial charge in [0.15, 0.2) is 5.82 Å². The van der Waals surface area contributed by atoms with E-state index in [4.69, 9.17) is 0 Å². The van der Waals surface area contributed by atoms with Crippen LogP contribution < -0.4 is 0 Å². The van der Waals surface area contributed by atoms with Crippen LogP contribution in [-0.2, 0) is 13.0 Å². The maximum Gasteiger partial charge on any atom is 0.150 e. The number of aromatic nitrogens is 3. The molecule has 1 aromatic rings. The van der Waals surface area contributed by atoms with E-state index in [1.165, 1.54) is 38.5 Å². The zero-order valence-corrected chi connectivity index (χ0v) is 10.8. The topological polar surface area (TPSA) is 30.7 Å². The van der Waals surface area contributed by atoms with Gasteiger partial charge in [-0.15, -0.1) is 0 Å². The van der Waals surface area contributed by atoms with E-state index < -0.39 is 0 Å². The highest BCUT2D eigenvalue weighted by atomic mass is 15.3. The molecule has 2 aliphatic rings. The third kappa shape index (κ3) is 2.24. The lowest BCUT2D eigenvalue weighted by atomic mass is 9.84. The van der Waals surface area contributed by atoms with Crippen LogP contribution in [0.4, 0.5) is 0 Å². The summed E-state index contributed by atoms with van der Waals surface area (Å²) in [4.78, 5) is 4.42. The van der Waals surface area contributed by atoms with Gasteiger partial charge in [-0.25, -0.2) is 4.98 Å². The third-order valence-corrected chi connectivity index (χ3v) is 4.82. The standard InChI is InChI=1S/C14H23N3/c1-2-13-11-5-3-4-6-14-15-10-17(16-14)9-12(13)8-7-11/h10-13H,2-9H2,1H3. The Hall–Kier alpha value is -0.860. The first-order chi connectivity index (χ1) is 8.36. The van der Waals surface area contributed by atoms with Crippen molar-refractivity contribution in [2.75, 3.05) is 0 Å². The molecule has 0 saturated heterocycles. The van der Waals surface area contributed by atoms with E-state index in [-0.39, 0.29) is 0 Å². The zero-order chi connectivity index (χ0) is 11.7. The first-order valence-corrected chi connectivity index (χ1v) is 7.25. The molecule has 3 unspecified atom stereocenters. The fourth-order valence-electron chi connectivity index (χ4n) is 3.96. The molecule has 3 heteroatoms. The fourth-order valence-corrected chi connectivity index (χ4v) is 3.96. The first-order valence-electron chi connectivity index (χ1n) is 7.25. The summed E-state index contributed by atoms with van der Waals surface area (Å²) in [7, 11) is 0. The molecule has 1 aliphatic carbocycles. The van der Waals surface area contributed by atoms with Gasteiger partial charge in [0.2, 0.25) is 0 Å². The summed E-state index contributed by atoms with van der Waals surface area (Å²) in [5.74, 6) is 3.82. The van der Waals surface area contributed by atoms with Crippen molar-refractivity contribution in [2.24, 2.45) is 17.8 Å². The molecule has 94 valence electrons. The second-order valence-electron chi connectivity index (χ2n) is 5.80. The van der Waals surface area contributed by atoms with E-state index >= 15 is 0 Å². The molecule has 3 atom stereocenters. The summed E-state index contributed by atoms with van der Waals surface area (Å²) in [6.07, 6.45) is 11.3. The second kappa shape index (κ2) is 4.79. The summed E-state index contributed by atoms with van der Waals surface area (Å²) in [6.45, 7) is 3.46. The lowest BCUT2D eigenvalue weighted by Crippen LogP contribution is -2.19. The molecule has 3 rings (SSSR count). The third-order valence-electron chi connectivity index (χ3n) is 4.82. The molecule has 0 amide bonds.